The molecule has 150 valence electrons. The molecule has 1 amide bonds. The summed E-state index contributed by atoms with van der Waals surface area (Å²) in [5.74, 6) is -3.22. The van der Waals surface area contributed by atoms with Crippen LogP contribution in [0.25, 0.3) is 11.0 Å². The maximum atomic E-state index is 13.6. The summed E-state index contributed by atoms with van der Waals surface area (Å²) < 4.78 is 66.0. The molecule has 0 fully saturated rings. The summed E-state index contributed by atoms with van der Waals surface area (Å²) in [7, 11) is 0. The highest BCUT2D eigenvalue weighted by molar-refractivity contribution is 5.92. The van der Waals surface area contributed by atoms with E-state index < -0.39 is 47.7 Å². The number of nitrogens with one attached hydrogen (secondary N) is 1. The first kappa shape index (κ1) is 21.1. The van der Waals surface area contributed by atoms with Crippen LogP contribution in [0.2, 0.25) is 0 Å². The molecule has 1 aromatic heterocycles. The van der Waals surface area contributed by atoms with Crippen LogP contribution in [0.5, 0.6) is 0 Å². The van der Waals surface area contributed by atoms with E-state index in [1.165, 1.54) is 4.57 Å². The fourth-order valence-electron chi connectivity index (χ4n) is 2.84. The van der Waals surface area contributed by atoms with Gasteiger partial charge in [0.25, 0.3) is 0 Å². The average molecular weight is 393 g/mol. The van der Waals surface area contributed by atoms with Gasteiger partial charge in [0.15, 0.2) is 11.6 Å². The molecular formula is C17H20F5N3O2. The number of halogens is 5. The van der Waals surface area contributed by atoms with Crippen LogP contribution < -0.4 is 5.32 Å². The molecular weight excluding hydrogens is 373 g/mol. The highest BCUT2D eigenvalue weighted by atomic mass is 19.4. The minimum atomic E-state index is -4.64. The van der Waals surface area contributed by atoms with Gasteiger partial charge in [0, 0.05) is 17.7 Å². The third kappa shape index (κ3) is 5.15. The zero-order chi connectivity index (χ0) is 20.8. The van der Waals surface area contributed by atoms with E-state index in [1.807, 2.05) is 0 Å². The molecule has 1 aromatic carbocycles. The number of fused-ring (bicyclic) bond motifs is 1. The minimum absolute atomic E-state index is 0.0705. The van der Waals surface area contributed by atoms with E-state index in [4.69, 9.17) is 0 Å². The summed E-state index contributed by atoms with van der Waals surface area (Å²) in [5, 5.41) is 12.2. The number of rotatable bonds is 4. The van der Waals surface area contributed by atoms with Crippen LogP contribution in [-0.2, 0) is 10.3 Å². The van der Waals surface area contributed by atoms with Crippen molar-refractivity contribution >= 4 is 22.9 Å². The molecule has 1 heterocycles. The number of aromatic nitrogens is 2. The van der Waals surface area contributed by atoms with Gasteiger partial charge in [-0.2, -0.15) is 13.2 Å². The number of amides is 1. The number of aliphatic hydroxyl groups is 1. The van der Waals surface area contributed by atoms with Crippen LogP contribution in [0.15, 0.2) is 12.1 Å². The van der Waals surface area contributed by atoms with E-state index in [0.717, 1.165) is 19.1 Å². The molecule has 1 unspecified atom stereocenters. The van der Waals surface area contributed by atoms with Gasteiger partial charge in [-0.05, 0) is 27.7 Å². The predicted molar refractivity (Wildman–Crippen MR) is 89.2 cm³/mol. The van der Waals surface area contributed by atoms with E-state index in [-0.39, 0.29) is 17.0 Å². The highest BCUT2D eigenvalue weighted by Gasteiger charge is 2.39. The predicted octanol–water partition coefficient (Wildman–Crippen LogP) is 4.10. The fourth-order valence-corrected chi connectivity index (χ4v) is 2.84. The van der Waals surface area contributed by atoms with E-state index >= 15 is 0 Å². The van der Waals surface area contributed by atoms with Gasteiger partial charge >= 0.3 is 6.18 Å². The van der Waals surface area contributed by atoms with Crippen LogP contribution in [0.3, 0.4) is 0 Å². The third-order valence-electron chi connectivity index (χ3n) is 3.74. The molecule has 0 aliphatic heterocycles. The monoisotopic (exact) mass is 393 g/mol. The Morgan fingerprint density at radius 1 is 1.15 bits per heavy atom. The lowest BCUT2D eigenvalue weighted by atomic mass is 9.97. The summed E-state index contributed by atoms with van der Waals surface area (Å²) in [4.78, 5) is 16.2. The van der Waals surface area contributed by atoms with Crippen LogP contribution >= 0.6 is 0 Å². The SMILES string of the molecule is CC(O)(CC(=O)Nc1nc2cc(F)c(F)cc2n1C(C)(C)C)CC(F)(F)F. The number of carbonyl (C=O) groups excluding carboxylic acids is 1. The Morgan fingerprint density at radius 2 is 1.70 bits per heavy atom. The van der Waals surface area contributed by atoms with Crippen molar-refractivity contribution in [1.29, 1.82) is 0 Å². The lowest BCUT2D eigenvalue weighted by molar-refractivity contribution is -0.174. The van der Waals surface area contributed by atoms with Crippen molar-refractivity contribution in [2.24, 2.45) is 0 Å². The Kier molecular flexibility index (Phi) is 5.26. The van der Waals surface area contributed by atoms with Crippen molar-refractivity contribution in [3.05, 3.63) is 23.8 Å². The van der Waals surface area contributed by atoms with Crippen LogP contribution in [0, 0.1) is 11.6 Å². The molecule has 5 nitrogen and oxygen atoms in total. The molecule has 0 radical (unpaired) electrons. The molecule has 10 heteroatoms. The van der Waals surface area contributed by atoms with Crippen molar-refractivity contribution < 1.29 is 31.9 Å². The van der Waals surface area contributed by atoms with Crippen molar-refractivity contribution in [2.75, 3.05) is 5.32 Å². The molecule has 2 aromatic rings. The lowest BCUT2D eigenvalue weighted by Crippen LogP contribution is -2.36. The van der Waals surface area contributed by atoms with E-state index in [9.17, 15) is 31.9 Å². The summed E-state index contributed by atoms with van der Waals surface area (Å²) in [5.41, 5.74) is -2.74. The number of alkyl halides is 3. The zero-order valence-electron chi connectivity index (χ0n) is 15.2. The molecule has 27 heavy (non-hydrogen) atoms. The number of hydrogen-bond acceptors (Lipinski definition) is 3. The van der Waals surface area contributed by atoms with Gasteiger partial charge in [0.2, 0.25) is 11.9 Å². The van der Waals surface area contributed by atoms with E-state index in [0.29, 0.717) is 0 Å². The molecule has 0 saturated heterocycles. The molecule has 0 aliphatic carbocycles. The van der Waals surface area contributed by atoms with Crippen LogP contribution in [0.1, 0.15) is 40.5 Å². The van der Waals surface area contributed by atoms with E-state index in [2.05, 4.69) is 10.3 Å². The lowest BCUT2D eigenvalue weighted by Gasteiger charge is -2.26. The van der Waals surface area contributed by atoms with Gasteiger partial charge in [0.1, 0.15) is 0 Å². The Morgan fingerprint density at radius 3 is 2.22 bits per heavy atom. The number of imidazole rings is 1. The first-order valence-electron chi connectivity index (χ1n) is 8.06. The number of nitrogens with zero attached hydrogens (tertiary/aromatic N) is 2. The second-order valence-corrected chi connectivity index (χ2v) is 7.71. The topological polar surface area (TPSA) is 67.2 Å². The average Bonchev–Trinajstić information content (AvgIpc) is 2.71. The fraction of sp³-hybridized carbons (Fsp3) is 0.529. The smallest absolute Gasteiger partial charge is 0.389 e. The summed E-state index contributed by atoms with van der Waals surface area (Å²) in [6, 6.07) is 1.79. The van der Waals surface area contributed by atoms with Crippen molar-refractivity contribution in [1.82, 2.24) is 9.55 Å². The zero-order valence-corrected chi connectivity index (χ0v) is 15.2. The van der Waals surface area contributed by atoms with Crippen LogP contribution in [-0.4, -0.2) is 32.3 Å². The van der Waals surface area contributed by atoms with Gasteiger partial charge in [-0.1, -0.05) is 0 Å². The summed E-state index contributed by atoms with van der Waals surface area (Å²) >= 11 is 0. The van der Waals surface area contributed by atoms with Crippen LogP contribution in [0.4, 0.5) is 27.9 Å². The Hall–Kier alpha value is -2.23. The normalized spacial score (nSPS) is 15.0. The standard InChI is InChI=1S/C17H20F5N3O2/c1-15(2,3)25-12-6-10(19)9(18)5-11(12)23-14(25)24-13(26)7-16(4,27)8-17(20,21)22/h5-6,27H,7-8H2,1-4H3,(H,23,24,26). The molecule has 1 atom stereocenters. The van der Waals surface area contributed by atoms with Gasteiger partial charge < -0.3 is 9.67 Å². The van der Waals surface area contributed by atoms with E-state index in [1.54, 1.807) is 20.8 Å². The molecule has 0 saturated carbocycles. The second kappa shape index (κ2) is 6.74. The number of anilines is 1. The summed E-state index contributed by atoms with van der Waals surface area (Å²) in [6.45, 7) is 6.08. The first-order chi connectivity index (χ1) is 12.1. The van der Waals surface area contributed by atoms with Crippen molar-refractivity contribution in [3.63, 3.8) is 0 Å². The van der Waals surface area contributed by atoms with Gasteiger partial charge in [-0.3, -0.25) is 10.1 Å². The van der Waals surface area contributed by atoms with Crippen molar-refractivity contribution in [3.8, 4) is 0 Å². The Bertz CT molecular complexity index is 866. The molecule has 0 aliphatic rings. The quantitative estimate of drug-likeness (QED) is 0.769. The molecule has 0 bridgehead atoms. The number of carbonyl (C=O) groups is 1. The highest BCUT2D eigenvalue weighted by Crippen LogP contribution is 2.32. The first-order valence-corrected chi connectivity index (χ1v) is 8.06. The number of hydrogen-bond donors (Lipinski definition) is 2. The molecule has 2 rings (SSSR count). The second-order valence-electron chi connectivity index (χ2n) is 7.71. The number of benzene rings is 1. The molecule has 2 N–H and O–H groups in total. The van der Waals surface area contributed by atoms with Gasteiger partial charge in [-0.15, -0.1) is 0 Å². The van der Waals surface area contributed by atoms with Gasteiger partial charge in [-0.25, -0.2) is 13.8 Å². The minimum Gasteiger partial charge on any atom is -0.389 e. The van der Waals surface area contributed by atoms with Gasteiger partial charge in [0.05, 0.1) is 29.5 Å². The van der Waals surface area contributed by atoms with Crippen molar-refractivity contribution in [2.45, 2.75) is 57.9 Å². The maximum absolute atomic E-state index is 13.6. The molecule has 0 spiro atoms. The Labute approximate surface area is 152 Å². The third-order valence-corrected chi connectivity index (χ3v) is 3.74. The summed E-state index contributed by atoms with van der Waals surface area (Å²) in [6.07, 6.45) is -7.03. The maximum Gasteiger partial charge on any atom is 0.391 e. The largest absolute Gasteiger partial charge is 0.391 e. The Balaban J connectivity index is 2.37.